The van der Waals surface area contributed by atoms with E-state index in [1.165, 1.54) is 11.3 Å². The normalized spacial score (nSPS) is 11.8. The molecule has 0 saturated heterocycles. The second kappa shape index (κ2) is 10.6. The van der Waals surface area contributed by atoms with E-state index in [0.717, 1.165) is 27.4 Å². The van der Waals surface area contributed by atoms with E-state index in [-0.39, 0.29) is 11.7 Å². The summed E-state index contributed by atoms with van der Waals surface area (Å²) in [5.41, 5.74) is 3.25. The lowest BCUT2D eigenvalue weighted by Gasteiger charge is -2.25. The minimum Gasteiger partial charge on any atom is -0.444 e. The van der Waals surface area contributed by atoms with Crippen LogP contribution >= 0.6 is 22.9 Å². The van der Waals surface area contributed by atoms with E-state index in [1.54, 1.807) is 22.8 Å². The zero-order valence-corrected chi connectivity index (χ0v) is 24.9. The molecule has 3 aromatic heterocycles. The number of hydrogen-bond acceptors (Lipinski definition) is 7. The van der Waals surface area contributed by atoms with E-state index in [9.17, 15) is 9.59 Å². The number of thiophene rings is 1. The summed E-state index contributed by atoms with van der Waals surface area (Å²) in [7, 11) is 5.57. The average molecular weight is 579 g/mol. The minimum atomic E-state index is -0.561. The lowest BCUT2D eigenvalue weighted by Crippen LogP contribution is -2.36. The van der Waals surface area contributed by atoms with Crippen LogP contribution in [0.5, 0.6) is 0 Å². The highest BCUT2D eigenvalue weighted by molar-refractivity contribution is 7.22. The van der Waals surface area contributed by atoms with E-state index in [4.69, 9.17) is 21.3 Å². The predicted molar refractivity (Wildman–Crippen MR) is 162 cm³/mol. The van der Waals surface area contributed by atoms with E-state index in [0.29, 0.717) is 34.0 Å². The Balaban J connectivity index is 1.47. The molecule has 9 nitrogen and oxygen atoms in total. The summed E-state index contributed by atoms with van der Waals surface area (Å²) in [6.07, 6.45) is 1.18. The molecule has 0 N–H and O–H groups in total. The third-order valence-corrected chi connectivity index (χ3v) is 7.73. The highest BCUT2D eigenvalue weighted by atomic mass is 35.5. The van der Waals surface area contributed by atoms with Crippen molar-refractivity contribution >= 4 is 56.2 Å². The van der Waals surface area contributed by atoms with Crippen LogP contribution in [-0.4, -0.2) is 63.4 Å². The molecule has 0 aliphatic carbocycles. The Morgan fingerprint density at radius 1 is 1.05 bits per heavy atom. The van der Waals surface area contributed by atoms with Crippen LogP contribution in [0.1, 0.15) is 20.8 Å². The van der Waals surface area contributed by atoms with Crippen LogP contribution < -0.4 is 10.5 Å². The Labute approximate surface area is 241 Å². The first-order valence-electron chi connectivity index (χ1n) is 12.8. The number of amides is 1. The molecule has 5 aromatic rings. The second-order valence-corrected chi connectivity index (χ2v) is 12.3. The average Bonchev–Trinajstić information content (AvgIpc) is 3.49. The van der Waals surface area contributed by atoms with Gasteiger partial charge in [-0.2, -0.15) is 0 Å². The summed E-state index contributed by atoms with van der Waals surface area (Å²) in [6.45, 7) is 6.50. The molecule has 0 atom stereocenters. The number of carbonyl (C=O) groups excluding carboxylic acids is 1. The number of anilines is 1. The van der Waals surface area contributed by atoms with Crippen molar-refractivity contribution in [1.29, 1.82) is 0 Å². The Kier molecular flexibility index (Phi) is 7.32. The van der Waals surface area contributed by atoms with Gasteiger partial charge < -0.3 is 19.1 Å². The number of imidazole rings is 1. The van der Waals surface area contributed by atoms with Crippen LogP contribution in [0, 0.1) is 0 Å². The summed E-state index contributed by atoms with van der Waals surface area (Å²) >= 11 is 7.45. The number of benzene rings is 2. The summed E-state index contributed by atoms with van der Waals surface area (Å²) in [5.74, 6) is 0.747. The summed E-state index contributed by atoms with van der Waals surface area (Å²) < 4.78 is 9.67. The van der Waals surface area contributed by atoms with Gasteiger partial charge in [-0.15, -0.1) is 11.3 Å². The van der Waals surface area contributed by atoms with E-state index < -0.39 is 5.60 Å². The number of rotatable bonds is 6. The number of hydrogen-bond donors (Lipinski definition) is 0. The first kappa shape index (κ1) is 27.7. The summed E-state index contributed by atoms with van der Waals surface area (Å²) in [5, 5.41) is 0.663. The van der Waals surface area contributed by atoms with Crippen molar-refractivity contribution in [2.45, 2.75) is 32.9 Å². The molecule has 11 heteroatoms. The fourth-order valence-electron chi connectivity index (χ4n) is 4.35. The largest absolute Gasteiger partial charge is 0.444 e. The number of likely N-dealkylation sites (N-methyl/N-ethyl adjacent to an activating group) is 1. The van der Waals surface area contributed by atoms with Crippen molar-refractivity contribution in [2.75, 3.05) is 32.6 Å². The van der Waals surface area contributed by atoms with Gasteiger partial charge in [0.05, 0.1) is 22.2 Å². The zero-order valence-electron chi connectivity index (χ0n) is 23.3. The maximum Gasteiger partial charge on any atom is 0.410 e. The molecule has 0 saturated carbocycles. The van der Waals surface area contributed by atoms with Crippen molar-refractivity contribution in [1.82, 2.24) is 24.0 Å². The van der Waals surface area contributed by atoms with Gasteiger partial charge >= 0.3 is 6.09 Å². The van der Waals surface area contributed by atoms with Crippen molar-refractivity contribution in [3.8, 4) is 16.1 Å². The molecule has 0 fully saturated rings. The van der Waals surface area contributed by atoms with Gasteiger partial charge in [-0.05, 0) is 62.7 Å². The molecular weight excluding hydrogens is 548 g/mol. The number of aromatic nitrogens is 4. The first-order chi connectivity index (χ1) is 18.9. The Hall–Kier alpha value is -3.89. The monoisotopic (exact) mass is 578 g/mol. The van der Waals surface area contributed by atoms with Crippen LogP contribution in [0.4, 0.5) is 10.7 Å². The molecule has 0 radical (unpaired) electrons. The zero-order chi connectivity index (χ0) is 28.8. The second-order valence-electron chi connectivity index (χ2n) is 10.8. The molecule has 0 unspecified atom stereocenters. The molecule has 0 aliphatic heterocycles. The molecule has 3 heterocycles. The van der Waals surface area contributed by atoms with Gasteiger partial charge in [0.15, 0.2) is 0 Å². The Morgan fingerprint density at radius 2 is 1.77 bits per heavy atom. The molecule has 1 amide bonds. The van der Waals surface area contributed by atoms with Crippen LogP contribution in [0.15, 0.2) is 59.7 Å². The minimum absolute atomic E-state index is 0.138. The predicted octanol–water partition coefficient (Wildman–Crippen LogP) is 6.05. The topological polar surface area (TPSA) is 85.5 Å². The van der Waals surface area contributed by atoms with Gasteiger partial charge in [0.1, 0.15) is 16.6 Å². The first-order valence-corrected chi connectivity index (χ1v) is 14.0. The molecule has 2 aromatic carbocycles. The third kappa shape index (κ3) is 5.55. The van der Waals surface area contributed by atoms with Gasteiger partial charge in [-0.25, -0.2) is 14.8 Å². The maximum atomic E-state index is 13.5. The van der Waals surface area contributed by atoms with Crippen molar-refractivity contribution in [2.24, 2.45) is 0 Å². The van der Waals surface area contributed by atoms with Crippen LogP contribution in [-0.2, 0) is 11.3 Å². The number of nitrogens with zero attached hydrogens (tertiary/aromatic N) is 6. The van der Waals surface area contributed by atoms with Crippen molar-refractivity contribution < 1.29 is 9.53 Å². The standard InChI is InChI=1S/C29H31ClN6O3S/c1-29(2,3)39-28(38)34(6)13-14-35-23-12-11-20(15-21(23)32-27(35)33(4)5)36-17-31-22-16-24(40-25(22)26(36)37)18-7-9-19(30)10-8-18/h7-12,15-17H,13-14H2,1-6H3. The van der Waals surface area contributed by atoms with Crippen molar-refractivity contribution in [3.63, 3.8) is 0 Å². The van der Waals surface area contributed by atoms with Gasteiger partial charge in [-0.3, -0.25) is 9.36 Å². The van der Waals surface area contributed by atoms with Crippen LogP contribution in [0.25, 0.3) is 37.4 Å². The molecule has 0 aliphatic rings. The van der Waals surface area contributed by atoms with Crippen molar-refractivity contribution in [3.05, 3.63) is 70.2 Å². The number of ether oxygens (including phenoxy) is 1. The molecule has 0 bridgehead atoms. The van der Waals surface area contributed by atoms with E-state index >= 15 is 0 Å². The summed E-state index contributed by atoms with van der Waals surface area (Å²) in [4.78, 5) is 39.8. The highest BCUT2D eigenvalue weighted by Gasteiger charge is 2.21. The SMILES string of the molecule is CN(CCn1c(N(C)C)nc2cc(-n3cnc4cc(-c5ccc(Cl)cc5)sc4c3=O)ccc21)C(=O)OC(C)(C)C. The lowest BCUT2D eigenvalue weighted by atomic mass is 10.2. The van der Waals surface area contributed by atoms with E-state index in [1.807, 2.05) is 88.3 Å². The Bertz CT molecular complexity index is 1770. The summed E-state index contributed by atoms with van der Waals surface area (Å²) in [6, 6.07) is 15.2. The van der Waals surface area contributed by atoms with Gasteiger partial charge in [0, 0.05) is 44.1 Å². The number of fused-ring (bicyclic) bond motifs is 2. The van der Waals surface area contributed by atoms with Gasteiger partial charge in [0.2, 0.25) is 5.95 Å². The van der Waals surface area contributed by atoms with E-state index in [2.05, 4.69) is 9.55 Å². The smallest absolute Gasteiger partial charge is 0.410 e. The number of carbonyl (C=O) groups is 1. The van der Waals surface area contributed by atoms with Crippen LogP contribution in [0.3, 0.4) is 0 Å². The maximum absolute atomic E-state index is 13.5. The van der Waals surface area contributed by atoms with Gasteiger partial charge in [-0.1, -0.05) is 23.7 Å². The molecule has 40 heavy (non-hydrogen) atoms. The van der Waals surface area contributed by atoms with Crippen LogP contribution in [0.2, 0.25) is 5.02 Å². The Morgan fingerprint density at radius 3 is 2.45 bits per heavy atom. The highest BCUT2D eigenvalue weighted by Crippen LogP contribution is 2.32. The quantitative estimate of drug-likeness (QED) is 0.244. The fourth-order valence-corrected chi connectivity index (χ4v) is 5.52. The fraction of sp³-hybridized carbons (Fsp3) is 0.310. The molecular formula is C29H31ClN6O3S. The lowest BCUT2D eigenvalue weighted by molar-refractivity contribution is 0.0294. The molecule has 208 valence electrons. The van der Waals surface area contributed by atoms with Gasteiger partial charge in [0.25, 0.3) is 5.56 Å². The third-order valence-electron chi connectivity index (χ3n) is 6.32. The molecule has 0 spiro atoms. The number of halogens is 1. The molecule has 5 rings (SSSR count).